The number of hydrogen-bond acceptors (Lipinski definition) is 3. The van der Waals surface area contributed by atoms with Gasteiger partial charge in [-0.2, -0.15) is 0 Å². The number of carbonyl (C=O) groups excluding carboxylic acids is 1. The zero-order valence-corrected chi connectivity index (χ0v) is 15.6. The minimum absolute atomic E-state index is 0.00673. The summed E-state index contributed by atoms with van der Waals surface area (Å²) in [6.45, 7) is 2.53. The molecular weight excluding hydrogens is 336 g/mol. The maximum Gasteiger partial charge on any atom is 0.248 e. The Morgan fingerprint density at radius 2 is 1.64 bits per heavy atom. The summed E-state index contributed by atoms with van der Waals surface area (Å²) in [5.74, 6) is -0.00673. The minimum Gasteiger partial charge on any atom is -0.367 e. The molecule has 0 heterocycles. The van der Waals surface area contributed by atoms with E-state index in [1.807, 2.05) is 73.6 Å². The molecule has 0 atom stereocenters. The van der Waals surface area contributed by atoms with Crippen molar-refractivity contribution in [2.24, 2.45) is 0 Å². The summed E-state index contributed by atoms with van der Waals surface area (Å²) in [5.41, 5.74) is 2.12. The van der Waals surface area contributed by atoms with Crippen molar-refractivity contribution >= 4 is 17.5 Å². The van der Waals surface area contributed by atoms with Crippen molar-refractivity contribution in [3.63, 3.8) is 0 Å². The third kappa shape index (κ3) is 7.26. The van der Waals surface area contributed by atoms with Gasteiger partial charge in [-0.25, -0.2) is 0 Å². The molecule has 0 aromatic heterocycles. The van der Waals surface area contributed by atoms with Gasteiger partial charge in [-0.3, -0.25) is 4.79 Å². The van der Waals surface area contributed by atoms with E-state index >= 15 is 0 Å². The summed E-state index contributed by atoms with van der Waals surface area (Å²) in [6, 6.07) is 17.4. The summed E-state index contributed by atoms with van der Waals surface area (Å²) < 4.78 is 5.60. The van der Waals surface area contributed by atoms with Gasteiger partial charge in [0.1, 0.15) is 6.61 Å². The van der Waals surface area contributed by atoms with Crippen LogP contribution in [0.3, 0.4) is 0 Å². The second-order valence-corrected chi connectivity index (χ2v) is 6.66. The second kappa shape index (κ2) is 10.2. The van der Waals surface area contributed by atoms with Crippen LogP contribution in [0.15, 0.2) is 54.6 Å². The van der Waals surface area contributed by atoms with Crippen LogP contribution in [-0.4, -0.2) is 49.5 Å². The van der Waals surface area contributed by atoms with Crippen molar-refractivity contribution in [2.75, 3.05) is 33.8 Å². The van der Waals surface area contributed by atoms with Gasteiger partial charge in [-0.15, -0.1) is 0 Å². The van der Waals surface area contributed by atoms with Gasteiger partial charge in [0.25, 0.3) is 0 Å². The summed E-state index contributed by atoms with van der Waals surface area (Å²) in [4.78, 5) is 16.5. The summed E-state index contributed by atoms with van der Waals surface area (Å²) >= 11 is 5.93. The van der Waals surface area contributed by atoms with E-state index in [0.717, 1.165) is 17.7 Å². The highest BCUT2D eigenvalue weighted by atomic mass is 35.5. The van der Waals surface area contributed by atoms with Crippen molar-refractivity contribution in [1.82, 2.24) is 9.80 Å². The van der Waals surface area contributed by atoms with Crippen LogP contribution in [-0.2, 0) is 22.7 Å². The Morgan fingerprint density at radius 3 is 2.28 bits per heavy atom. The molecule has 0 spiro atoms. The molecule has 4 nitrogen and oxygen atoms in total. The Hall–Kier alpha value is -1.88. The van der Waals surface area contributed by atoms with E-state index in [2.05, 4.69) is 4.90 Å². The normalized spacial score (nSPS) is 10.9. The maximum absolute atomic E-state index is 12.6. The Balaban J connectivity index is 1.90. The third-order valence-electron chi connectivity index (χ3n) is 3.79. The predicted molar refractivity (Wildman–Crippen MR) is 102 cm³/mol. The molecule has 0 N–H and O–H groups in total. The van der Waals surface area contributed by atoms with Crippen molar-refractivity contribution in [3.05, 3.63) is 70.7 Å². The van der Waals surface area contributed by atoms with Crippen LogP contribution < -0.4 is 0 Å². The van der Waals surface area contributed by atoms with Crippen molar-refractivity contribution < 1.29 is 9.53 Å². The van der Waals surface area contributed by atoms with E-state index in [-0.39, 0.29) is 12.5 Å². The highest BCUT2D eigenvalue weighted by Gasteiger charge is 2.14. The number of nitrogens with zero attached hydrogens (tertiary/aromatic N) is 2. The molecule has 0 saturated carbocycles. The largest absolute Gasteiger partial charge is 0.367 e. The third-order valence-corrected chi connectivity index (χ3v) is 4.05. The van der Waals surface area contributed by atoms with Gasteiger partial charge in [0.05, 0.1) is 6.61 Å². The molecule has 0 aliphatic rings. The highest BCUT2D eigenvalue weighted by Crippen LogP contribution is 2.12. The van der Waals surface area contributed by atoms with E-state index in [1.165, 1.54) is 0 Å². The van der Waals surface area contributed by atoms with Crippen LogP contribution >= 0.6 is 11.6 Å². The molecule has 2 aromatic carbocycles. The molecule has 1 amide bonds. The van der Waals surface area contributed by atoms with Crippen LogP contribution in [0.5, 0.6) is 0 Å². The van der Waals surface area contributed by atoms with Crippen molar-refractivity contribution in [2.45, 2.75) is 13.2 Å². The lowest BCUT2D eigenvalue weighted by molar-refractivity contribution is -0.137. The van der Waals surface area contributed by atoms with Crippen LogP contribution in [0, 0.1) is 0 Å². The number of ether oxygens (including phenoxy) is 1. The average molecular weight is 361 g/mol. The van der Waals surface area contributed by atoms with Crippen molar-refractivity contribution in [1.29, 1.82) is 0 Å². The van der Waals surface area contributed by atoms with Gasteiger partial charge in [-0.1, -0.05) is 54.1 Å². The molecule has 25 heavy (non-hydrogen) atoms. The first-order valence-electron chi connectivity index (χ1n) is 8.33. The molecular formula is C20H25ClN2O2. The van der Waals surface area contributed by atoms with Gasteiger partial charge >= 0.3 is 0 Å². The fourth-order valence-electron chi connectivity index (χ4n) is 2.34. The molecule has 0 aliphatic heterocycles. The average Bonchev–Trinajstić information content (AvgIpc) is 2.61. The minimum atomic E-state index is -0.00673. The van der Waals surface area contributed by atoms with Crippen LogP contribution in [0.2, 0.25) is 5.02 Å². The molecule has 2 rings (SSSR count). The first kappa shape index (κ1) is 19.4. The van der Waals surface area contributed by atoms with Gasteiger partial charge in [0.15, 0.2) is 0 Å². The van der Waals surface area contributed by atoms with E-state index in [0.29, 0.717) is 24.7 Å². The molecule has 2 aromatic rings. The van der Waals surface area contributed by atoms with E-state index in [4.69, 9.17) is 16.3 Å². The van der Waals surface area contributed by atoms with Crippen LogP contribution in [0.25, 0.3) is 0 Å². The Labute approximate surface area is 155 Å². The number of rotatable bonds is 9. The highest BCUT2D eigenvalue weighted by molar-refractivity contribution is 6.30. The van der Waals surface area contributed by atoms with Crippen LogP contribution in [0.4, 0.5) is 0 Å². The molecule has 0 unspecified atom stereocenters. The molecule has 0 radical (unpaired) electrons. The zero-order valence-electron chi connectivity index (χ0n) is 14.8. The van der Waals surface area contributed by atoms with Gasteiger partial charge in [0.2, 0.25) is 5.91 Å². The molecule has 0 saturated heterocycles. The molecule has 0 fully saturated rings. The maximum atomic E-state index is 12.6. The fourth-order valence-corrected chi connectivity index (χ4v) is 2.47. The molecule has 0 bridgehead atoms. The first-order chi connectivity index (χ1) is 12.0. The van der Waals surface area contributed by atoms with Gasteiger partial charge in [0, 0.05) is 24.7 Å². The lowest BCUT2D eigenvalue weighted by Crippen LogP contribution is -2.38. The Kier molecular flexibility index (Phi) is 7.92. The number of benzene rings is 2. The number of hydrogen-bond donors (Lipinski definition) is 0. The molecule has 134 valence electrons. The summed E-state index contributed by atoms with van der Waals surface area (Å²) in [5, 5.41) is 0.695. The standard InChI is InChI=1S/C20H25ClN2O2/c1-22(2)12-13-23(14-17-8-10-19(21)11-9-17)20(24)16-25-15-18-6-4-3-5-7-18/h3-11H,12-16H2,1-2H3. The van der Waals surface area contributed by atoms with E-state index in [1.54, 1.807) is 0 Å². The topological polar surface area (TPSA) is 32.8 Å². The Bertz CT molecular complexity index is 645. The predicted octanol–water partition coefficient (Wildman–Crippen LogP) is 3.45. The second-order valence-electron chi connectivity index (χ2n) is 6.22. The summed E-state index contributed by atoms with van der Waals surface area (Å²) in [6.07, 6.45) is 0. The zero-order chi connectivity index (χ0) is 18.1. The van der Waals surface area contributed by atoms with Gasteiger partial charge < -0.3 is 14.5 Å². The quantitative estimate of drug-likeness (QED) is 0.686. The van der Waals surface area contributed by atoms with Crippen LogP contribution in [0.1, 0.15) is 11.1 Å². The Morgan fingerprint density at radius 1 is 0.960 bits per heavy atom. The molecule has 0 aliphatic carbocycles. The van der Waals surface area contributed by atoms with Gasteiger partial charge in [-0.05, 0) is 37.4 Å². The lowest BCUT2D eigenvalue weighted by Gasteiger charge is -2.24. The number of likely N-dealkylation sites (N-methyl/N-ethyl adjacent to an activating group) is 1. The van der Waals surface area contributed by atoms with E-state index < -0.39 is 0 Å². The fraction of sp³-hybridized carbons (Fsp3) is 0.350. The SMILES string of the molecule is CN(C)CCN(Cc1ccc(Cl)cc1)C(=O)COCc1ccccc1. The summed E-state index contributed by atoms with van der Waals surface area (Å²) in [7, 11) is 3.99. The number of amides is 1. The number of carbonyl (C=O) groups is 1. The molecule has 5 heteroatoms. The first-order valence-corrected chi connectivity index (χ1v) is 8.71. The monoisotopic (exact) mass is 360 g/mol. The lowest BCUT2D eigenvalue weighted by atomic mass is 10.2. The van der Waals surface area contributed by atoms with Crippen molar-refractivity contribution in [3.8, 4) is 0 Å². The smallest absolute Gasteiger partial charge is 0.248 e. The van der Waals surface area contributed by atoms with E-state index in [9.17, 15) is 4.79 Å². The number of halogens is 1.